The number of hydrazine groups is 1. The first kappa shape index (κ1) is 17.7. The minimum Gasteiger partial charge on any atom is -0.383 e. The predicted octanol–water partition coefficient (Wildman–Crippen LogP) is -0.566. The second-order valence-electron chi connectivity index (χ2n) is 4.30. The van der Waals surface area contributed by atoms with Crippen molar-refractivity contribution in [1.82, 2.24) is 14.3 Å². The average Bonchev–Trinajstić information content (AvgIpc) is 2.47. The Morgan fingerprint density at radius 3 is 2.43 bits per heavy atom. The summed E-state index contributed by atoms with van der Waals surface area (Å²) >= 11 is 0. The van der Waals surface area contributed by atoms with Crippen molar-refractivity contribution in [1.29, 1.82) is 0 Å². The molecule has 0 saturated carbocycles. The van der Waals surface area contributed by atoms with Crippen LogP contribution in [-0.2, 0) is 19.5 Å². The Bertz CT molecular complexity index is 522. The lowest BCUT2D eigenvalue weighted by molar-refractivity contribution is 0.119. The molecule has 1 aromatic rings. The summed E-state index contributed by atoms with van der Waals surface area (Å²) in [7, 11) is -0.713. The van der Waals surface area contributed by atoms with Crippen LogP contribution in [-0.4, -0.2) is 62.7 Å². The Labute approximate surface area is 124 Å². The zero-order valence-electron chi connectivity index (χ0n) is 12.3. The van der Waals surface area contributed by atoms with Crippen LogP contribution in [0.2, 0.25) is 0 Å². The number of sulfonamides is 1. The van der Waals surface area contributed by atoms with E-state index < -0.39 is 10.0 Å². The third-order valence-electron chi connectivity index (χ3n) is 2.78. The van der Waals surface area contributed by atoms with Crippen molar-refractivity contribution in [3.05, 3.63) is 12.4 Å². The number of nitrogens with one attached hydrogen (secondary N) is 1. The number of nitrogen functional groups attached to an aromatic ring is 1. The van der Waals surface area contributed by atoms with Crippen molar-refractivity contribution in [2.75, 3.05) is 39.4 Å². The van der Waals surface area contributed by atoms with Crippen molar-refractivity contribution in [2.45, 2.75) is 17.9 Å². The molecular formula is C11H21N5O4S. The number of ether oxygens (including phenoxy) is 2. The minimum absolute atomic E-state index is 0.0134. The number of hydrogen-bond donors (Lipinski definition) is 2. The van der Waals surface area contributed by atoms with Crippen LogP contribution >= 0.6 is 0 Å². The highest BCUT2D eigenvalue weighted by molar-refractivity contribution is 7.89. The highest BCUT2D eigenvalue weighted by atomic mass is 32.2. The van der Waals surface area contributed by atoms with E-state index >= 15 is 0 Å². The number of methoxy groups -OCH3 is 2. The molecule has 0 aliphatic rings. The SMILES string of the molecule is COCCN(C(C)COC)S(=O)(=O)c1cnc(NN)nc1. The van der Waals surface area contributed by atoms with Gasteiger partial charge in [-0.2, -0.15) is 4.31 Å². The van der Waals surface area contributed by atoms with Crippen LogP contribution in [0.4, 0.5) is 5.95 Å². The molecule has 0 radical (unpaired) electrons. The van der Waals surface area contributed by atoms with E-state index in [-0.39, 0.29) is 36.6 Å². The molecule has 0 spiro atoms. The van der Waals surface area contributed by atoms with Gasteiger partial charge in [0.2, 0.25) is 16.0 Å². The van der Waals surface area contributed by atoms with Crippen LogP contribution in [0.3, 0.4) is 0 Å². The van der Waals surface area contributed by atoms with E-state index in [4.69, 9.17) is 15.3 Å². The van der Waals surface area contributed by atoms with Crippen LogP contribution in [0.25, 0.3) is 0 Å². The van der Waals surface area contributed by atoms with E-state index in [0.29, 0.717) is 0 Å². The lowest BCUT2D eigenvalue weighted by atomic mass is 10.3. The lowest BCUT2D eigenvalue weighted by Crippen LogP contribution is -2.43. The Morgan fingerprint density at radius 2 is 1.95 bits per heavy atom. The summed E-state index contributed by atoms with van der Waals surface area (Å²) in [5.41, 5.74) is 2.24. The molecule has 9 nitrogen and oxygen atoms in total. The van der Waals surface area contributed by atoms with E-state index in [2.05, 4.69) is 15.4 Å². The van der Waals surface area contributed by atoms with Crippen LogP contribution in [0.5, 0.6) is 0 Å². The van der Waals surface area contributed by atoms with Crippen LogP contribution < -0.4 is 11.3 Å². The smallest absolute Gasteiger partial charge is 0.246 e. The topological polar surface area (TPSA) is 120 Å². The monoisotopic (exact) mass is 319 g/mol. The highest BCUT2D eigenvalue weighted by Crippen LogP contribution is 2.17. The third kappa shape index (κ3) is 4.58. The van der Waals surface area contributed by atoms with E-state index in [1.807, 2.05) is 0 Å². The largest absolute Gasteiger partial charge is 0.383 e. The van der Waals surface area contributed by atoms with E-state index in [0.717, 1.165) is 0 Å². The molecule has 0 aliphatic carbocycles. The molecular weight excluding hydrogens is 298 g/mol. The second kappa shape index (κ2) is 8.20. The number of hydrogen-bond acceptors (Lipinski definition) is 8. The fourth-order valence-corrected chi connectivity index (χ4v) is 3.23. The van der Waals surface area contributed by atoms with Crippen LogP contribution in [0.15, 0.2) is 17.3 Å². The maximum absolute atomic E-state index is 12.6. The zero-order valence-corrected chi connectivity index (χ0v) is 13.1. The van der Waals surface area contributed by atoms with E-state index in [1.54, 1.807) is 6.92 Å². The van der Waals surface area contributed by atoms with Crippen molar-refractivity contribution in [3.63, 3.8) is 0 Å². The molecule has 0 aromatic carbocycles. The molecule has 0 bridgehead atoms. The summed E-state index contributed by atoms with van der Waals surface area (Å²) in [6, 6.07) is -0.345. The number of aromatic nitrogens is 2. The molecule has 0 amide bonds. The number of anilines is 1. The first-order chi connectivity index (χ1) is 9.97. The Morgan fingerprint density at radius 1 is 1.33 bits per heavy atom. The average molecular weight is 319 g/mol. The van der Waals surface area contributed by atoms with Gasteiger partial charge < -0.3 is 9.47 Å². The van der Waals surface area contributed by atoms with Gasteiger partial charge in [0.25, 0.3) is 0 Å². The highest BCUT2D eigenvalue weighted by Gasteiger charge is 2.29. The molecule has 10 heteroatoms. The normalized spacial score (nSPS) is 13.4. The summed E-state index contributed by atoms with van der Waals surface area (Å²) in [6.45, 7) is 2.51. The van der Waals surface area contributed by atoms with Gasteiger partial charge in [-0.3, -0.25) is 5.43 Å². The van der Waals surface area contributed by atoms with Gasteiger partial charge in [0.15, 0.2) is 0 Å². The Kier molecular flexibility index (Phi) is 6.92. The zero-order chi connectivity index (χ0) is 15.9. The molecule has 0 fully saturated rings. The number of rotatable bonds is 9. The molecule has 1 unspecified atom stereocenters. The van der Waals surface area contributed by atoms with Crippen LogP contribution in [0, 0.1) is 0 Å². The maximum Gasteiger partial charge on any atom is 0.246 e. The molecule has 0 aliphatic heterocycles. The fraction of sp³-hybridized carbons (Fsp3) is 0.636. The first-order valence-corrected chi connectivity index (χ1v) is 7.69. The minimum atomic E-state index is -3.74. The summed E-state index contributed by atoms with van der Waals surface area (Å²) in [4.78, 5) is 7.62. The summed E-state index contributed by atoms with van der Waals surface area (Å²) in [5, 5.41) is 0. The molecule has 120 valence electrons. The first-order valence-electron chi connectivity index (χ1n) is 6.25. The fourth-order valence-electron chi connectivity index (χ4n) is 1.74. The molecule has 1 aromatic heterocycles. The summed E-state index contributed by atoms with van der Waals surface area (Å²) in [5.74, 6) is 5.30. The lowest BCUT2D eigenvalue weighted by Gasteiger charge is -2.27. The van der Waals surface area contributed by atoms with Gasteiger partial charge in [-0.1, -0.05) is 0 Å². The van der Waals surface area contributed by atoms with E-state index in [9.17, 15) is 8.42 Å². The summed E-state index contributed by atoms with van der Waals surface area (Å²) in [6.07, 6.45) is 2.41. The van der Waals surface area contributed by atoms with Crippen molar-refractivity contribution in [2.24, 2.45) is 5.84 Å². The molecule has 3 N–H and O–H groups in total. The van der Waals surface area contributed by atoms with Gasteiger partial charge in [-0.25, -0.2) is 24.2 Å². The molecule has 1 heterocycles. The van der Waals surface area contributed by atoms with Gasteiger partial charge in [0, 0.05) is 26.8 Å². The van der Waals surface area contributed by atoms with Gasteiger partial charge in [-0.15, -0.1) is 0 Å². The predicted molar refractivity (Wildman–Crippen MR) is 76.9 cm³/mol. The Balaban J connectivity index is 3.06. The van der Waals surface area contributed by atoms with Crippen LogP contribution in [0.1, 0.15) is 6.92 Å². The van der Waals surface area contributed by atoms with Crippen molar-refractivity contribution in [3.8, 4) is 0 Å². The quantitative estimate of drug-likeness (QED) is 0.459. The third-order valence-corrected chi connectivity index (χ3v) is 4.75. The molecule has 1 atom stereocenters. The second-order valence-corrected chi connectivity index (χ2v) is 6.19. The molecule has 1 rings (SSSR count). The molecule has 21 heavy (non-hydrogen) atoms. The Hall–Kier alpha value is -1.33. The summed E-state index contributed by atoms with van der Waals surface area (Å²) < 4.78 is 36.6. The number of nitrogens with two attached hydrogens (primary N) is 1. The van der Waals surface area contributed by atoms with Crippen molar-refractivity contribution < 1.29 is 17.9 Å². The maximum atomic E-state index is 12.6. The number of nitrogens with zero attached hydrogens (tertiary/aromatic N) is 3. The van der Waals surface area contributed by atoms with Gasteiger partial charge in [0.05, 0.1) is 25.6 Å². The van der Waals surface area contributed by atoms with Crippen molar-refractivity contribution >= 4 is 16.0 Å². The van der Waals surface area contributed by atoms with Gasteiger partial charge in [0.1, 0.15) is 4.90 Å². The van der Waals surface area contributed by atoms with Gasteiger partial charge >= 0.3 is 0 Å². The van der Waals surface area contributed by atoms with Gasteiger partial charge in [-0.05, 0) is 6.92 Å². The van der Waals surface area contributed by atoms with E-state index in [1.165, 1.54) is 30.9 Å². The standard InChI is InChI=1S/C11H21N5O4S/c1-9(8-20-3)16(4-5-19-2)21(17,18)10-6-13-11(15-12)14-7-10/h6-7,9H,4-5,8,12H2,1-3H3,(H,13,14,15). The molecule has 0 saturated heterocycles.